The first-order chi connectivity index (χ1) is 9.77. The molecule has 0 saturated heterocycles. The fraction of sp³-hybridized carbons (Fsp3) is 0.882. The maximum Gasteiger partial charge on any atom is 0.312 e. The molecule has 122 valence electrons. The molecule has 1 saturated carbocycles. The molecule has 0 N–H and O–H groups in total. The van der Waals surface area contributed by atoms with Crippen LogP contribution in [0.3, 0.4) is 0 Å². The third-order valence-corrected chi connectivity index (χ3v) is 4.07. The first-order valence-electron chi connectivity index (χ1n) is 8.11. The molecule has 0 aliphatic heterocycles. The summed E-state index contributed by atoms with van der Waals surface area (Å²) in [6.07, 6.45) is 3.34. The fourth-order valence-corrected chi connectivity index (χ4v) is 2.71. The Labute approximate surface area is 128 Å². The SMILES string of the molecule is CC(C)COC(=O)C1CCCCC1(C)C(=O)OCC(C)C. The molecule has 0 radical (unpaired) electrons. The van der Waals surface area contributed by atoms with Gasteiger partial charge >= 0.3 is 11.9 Å². The number of hydrogen-bond acceptors (Lipinski definition) is 4. The van der Waals surface area contributed by atoms with Crippen molar-refractivity contribution in [1.29, 1.82) is 0 Å². The van der Waals surface area contributed by atoms with Crippen molar-refractivity contribution in [3.8, 4) is 0 Å². The van der Waals surface area contributed by atoms with Gasteiger partial charge in [0.1, 0.15) is 0 Å². The van der Waals surface area contributed by atoms with Crippen molar-refractivity contribution in [3.63, 3.8) is 0 Å². The molecule has 0 heterocycles. The zero-order chi connectivity index (χ0) is 16.0. The highest BCUT2D eigenvalue weighted by molar-refractivity contribution is 5.85. The standard InChI is InChI=1S/C17H30O4/c1-12(2)10-20-15(18)14-8-6-7-9-17(14,5)16(19)21-11-13(3)4/h12-14H,6-11H2,1-5H3. The van der Waals surface area contributed by atoms with Crippen LogP contribution in [0.1, 0.15) is 60.3 Å². The summed E-state index contributed by atoms with van der Waals surface area (Å²) in [5.74, 6) is -0.261. The van der Waals surface area contributed by atoms with Crippen LogP contribution in [0.25, 0.3) is 0 Å². The Bertz CT molecular complexity index is 362. The van der Waals surface area contributed by atoms with E-state index in [9.17, 15) is 9.59 Å². The number of hydrogen-bond donors (Lipinski definition) is 0. The van der Waals surface area contributed by atoms with Gasteiger partial charge in [-0.25, -0.2) is 0 Å². The van der Waals surface area contributed by atoms with Crippen LogP contribution in [0.2, 0.25) is 0 Å². The first kappa shape index (κ1) is 18.0. The van der Waals surface area contributed by atoms with Gasteiger partial charge in [0.25, 0.3) is 0 Å². The average molecular weight is 298 g/mol. The van der Waals surface area contributed by atoms with Gasteiger partial charge in [0.15, 0.2) is 0 Å². The van der Waals surface area contributed by atoms with E-state index in [0.717, 1.165) is 12.8 Å². The number of rotatable bonds is 6. The summed E-state index contributed by atoms with van der Waals surface area (Å²) in [5, 5.41) is 0. The Morgan fingerprint density at radius 1 is 1.05 bits per heavy atom. The van der Waals surface area contributed by atoms with Gasteiger partial charge in [0.2, 0.25) is 0 Å². The third kappa shape index (κ3) is 5.01. The fourth-order valence-electron chi connectivity index (χ4n) is 2.71. The summed E-state index contributed by atoms with van der Waals surface area (Å²) in [5.41, 5.74) is -0.735. The van der Waals surface area contributed by atoms with Crippen LogP contribution in [-0.4, -0.2) is 25.2 Å². The Hall–Kier alpha value is -1.06. The lowest BCUT2D eigenvalue weighted by Crippen LogP contribution is -2.44. The molecule has 1 fully saturated rings. The highest BCUT2D eigenvalue weighted by Gasteiger charge is 2.48. The van der Waals surface area contributed by atoms with Crippen LogP contribution in [0.4, 0.5) is 0 Å². The van der Waals surface area contributed by atoms with Crippen LogP contribution < -0.4 is 0 Å². The molecule has 0 bridgehead atoms. The molecule has 0 aromatic heterocycles. The minimum Gasteiger partial charge on any atom is -0.465 e. The molecule has 0 aromatic carbocycles. The lowest BCUT2D eigenvalue weighted by atomic mass is 9.67. The molecule has 0 aromatic rings. The summed E-state index contributed by atoms with van der Waals surface area (Å²) in [6.45, 7) is 10.7. The number of carbonyl (C=O) groups excluding carboxylic acids is 2. The lowest BCUT2D eigenvalue weighted by Gasteiger charge is -2.37. The maximum atomic E-state index is 12.4. The van der Waals surface area contributed by atoms with Crippen LogP contribution >= 0.6 is 0 Å². The van der Waals surface area contributed by atoms with E-state index in [-0.39, 0.29) is 17.9 Å². The van der Waals surface area contributed by atoms with Crippen LogP contribution in [0, 0.1) is 23.2 Å². The molecule has 1 aliphatic rings. The zero-order valence-corrected chi connectivity index (χ0v) is 14.1. The van der Waals surface area contributed by atoms with Crippen LogP contribution in [0.15, 0.2) is 0 Å². The second-order valence-electron chi connectivity index (χ2n) is 7.23. The van der Waals surface area contributed by atoms with E-state index in [4.69, 9.17) is 9.47 Å². The summed E-state index contributed by atoms with van der Waals surface area (Å²) < 4.78 is 10.8. The maximum absolute atomic E-state index is 12.4. The van der Waals surface area contributed by atoms with Crippen molar-refractivity contribution < 1.29 is 19.1 Å². The first-order valence-corrected chi connectivity index (χ1v) is 8.11. The van der Waals surface area contributed by atoms with Crippen molar-refractivity contribution in [2.45, 2.75) is 60.3 Å². The Kier molecular flexibility index (Phi) is 6.69. The molecule has 2 unspecified atom stereocenters. The number of ether oxygens (including phenoxy) is 2. The molecule has 1 rings (SSSR count). The molecule has 21 heavy (non-hydrogen) atoms. The normalized spacial score (nSPS) is 26.0. The van der Waals surface area contributed by atoms with E-state index >= 15 is 0 Å². The molecular formula is C17H30O4. The third-order valence-electron chi connectivity index (χ3n) is 4.07. The van der Waals surface area contributed by atoms with Crippen molar-refractivity contribution in [2.75, 3.05) is 13.2 Å². The molecule has 4 heteroatoms. The second kappa shape index (κ2) is 7.81. The predicted molar refractivity (Wildman–Crippen MR) is 81.7 cm³/mol. The van der Waals surface area contributed by atoms with E-state index in [1.807, 2.05) is 34.6 Å². The Balaban J connectivity index is 2.74. The Morgan fingerprint density at radius 2 is 1.62 bits per heavy atom. The monoisotopic (exact) mass is 298 g/mol. The second-order valence-corrected chi connectivity index (χ2v) is 7.23. The zero-order valence-electron chi connectivity index (χ0n) is 14.1. The summed E-state index contributed by atoms with van der Waals surface area (Å²) in [7, 11) is 0. The van der Waals surface area contributed by atoms with E-state index in [1.165, 1.54) is 0 Å². The van der Waals surface area contributed by atoms with Crippen LogP contribution in [-0.2, 0) is 19.1 Å². The topological polar surface area (TPSA) is 52.6 Å². The summed E-state index contributed by atoms with van der Waals surface area (Å²) in [4.78, 5) is 24.8. The van der Waals surface area contributed by atoms with Crippen LogP contribution in [0.5, 0.6) is 0 Å². The van der Waals surface area contributed by atoms with E-state index in [2.05, 4.69) is 0 Å². The van der Waals surface area contributed by atoms with Gasteiger partial charge in [-0.2, -0.15) is 0 Å². The predicted octanol–water partition coefficient (Wildman–Crippen LogP) is 3.58. The quantitative estimate of drug-likeness (QED) is 0.703. The molecule has 1 aliphatic carbocycles. The largest absolute Gasteiger partial charge is 0.465 e. The Morgan fingerprint density at radius 3 is 2.19 bits per heavy atom. The molecule has 4 nitrogen and oxygen atoms in total. The van der Waals surface area contributed by atoms with Crippen molar-refractivity contribution in [3.05, 3.63) is 0 Å². The van der Waals surface area contributed by atoms with E-state index in [0.29, 0.717) is 37.9 Å². The van der Waals surface area contributed by atoms with Gasteiger partial charge in [-0.1, -0.05) is 40.5 Å². The number of carbonyl (C=O) groups is 2. The minimum absolute atomic E-state index is 0.243. The van der Waals surface area contributed by atoms with Gasteiger partial charge in [0.05, 0.1) is 24.5 Å². The van der Waals surface area contributed by atoms with Crippen molar-refractivity contribution in [1.82, 2.24) is 0 Å². The summed E-state index contributed by atoms with van der Waals surface area (Å²) >= 11 is 0. The van der Waals surface area contributed by atoms with Gasteiger partial charge < -0.3 is 9.47 Å². The van der Waals surface area contributed by atoms with Gasteiger partial charge in [-0.3, -0.25) is 9.59 Å². The van der Waals surface area contributed by atoms with E-state index < -0.39 is 5.41 Å². The highest BCUT2D eigenvalue weighted by atomic mass is 16.5. The van der Waals surface area contributed by atoms with Gasteiger partial charge in [0, 0.05) is 0 Å². The molecule has 0 spiro atoms. The average Bonchev–Trinajstić information content (AvgIpc) is 2.42. The van der Waals surface area contributed by atoms with E-state index in [1.54, 1.807) is 0 Å². The van der Waals surface area contributed by atoms with Crippen molar-refractivity contribution in [2.24, 2.45) is 23.2 Å². The van der Waals surface area contributed by atoms with Crippen molar-refractivity contribution >= 4 is 11.9 Å². The molecule has 2 atom stereocenters. The van der Waals surface area contributed by atoms with Gasteiger partial charge in [-0.05, 0) is 31.6 Å². The van der Waals surface area contributed by atoms with Gasteiger partial charge in [-0.15, -0.1) is 0 Å². The summed E-state index contributed by atoms with van der Waals surface area (Å²) in [6, 6.07) is 0. The smallest absolute Gasteiger partial charge is 0.312 e. The molecule has 0 amide bonds. The highest BCUT2D eigenvalue weighted by Crippen LogP contribution is 2.42. The number of esters is 2. The molecular weight excluding hydrogens is 268 g/mol. The minimum atomic E-state index is -0.735. The lowest BCUT2D eigenvalue weighted by molar-refractivity contribution is -0.173.